The maximum atomic E-state index is 12.2. The van der Waals surface area contributed by atoms with Gasteiger partial charge in [-0.2, -0.15) is 0 Å². The standard InChI is InChI=1S/C16H28N8O7/c17-9(2-1-3-21-16(19)20)14(30)22-6-12(27)24-10(5-13(28)29)15(31)23-8(7-25)4-11(18)26/h7-10H,1-6,17H2,(H2,18,26)(H,22,30)(H,23,31)(H,24,27)(H,28,29)(H4,19,20,21)/t8-,9-,10-/m0/s1. The Morgan fingerprint density at radius 1 is 1.00 bits per heavy atom. The van der Waals surface area contributed by atoms with Crippen LogP contribution in [0.15, 0.2) is 4.99 Å². The smallest absolute Gasteiger partial charge is 0.305 e. The molecule has 0 aromatic carbocycles. The van der Waals surface area contributed by atoms with Crippen molar-refractivity contribution in [2.75, 3.05) is 13.1 Å². The second kappa shape index (κ2) is 14.3. The Labute approximate surface area is 177 Å². The molecule has 4 amide bonds. The lowest BCUT2D eigenvalue weighted by Gasteiger charge is -2.19. The quantitative estimate of drug-likeness (QED) is 0.0515. The van der Waals surface area contributed by atoms with Crippen molar-refractivity contribution in [3.05, 3.63) is 0 Å². The third kappa shape index (κ3) is 13.2. The molecule has 0 aliphatic rings. The molecule has 0 spiro atoms. The lowest BCUT2D eigenvalue weighted by atomic mass is 10.1. The minimum absolute atomic E-state index is 0.0938. The van der Waals surface area contributed by atoms with Crippen molar-refractivity contribution in [2.24, 2.45) is 27.9 Å². The number of nitrogens with two attached hydrogens (primary N) is 4. The summed E-state index contributed by atoms with van der Waals surface area (Å²) in [6, 6.07) is -3.79. The molecule has 31 heavy (non-hydrogen) atoms. The fraction of sp³-hybridized carbons (Fsp3) is 0.562. The number of guanidine groups is 1. The average molecular weight is 444 g/mol. The van der Waals surface area contributed by atoms with Gasteiger partial charge in [-0.3, -0.25) is 29.0 Å². The molecule has 0 bridgehead atoms. The highest BCUT2D eigenvalue weighted by Gasteiger charge is 2.26. The van der Waals surface area contributed by atoms with Gasteiger partial charge in [0.2, 0.25) is 23.6 Å². The van der Waals surface area contributed by atoms with Crippen LogP contribution >= 0.6 is 0 Å². The van der Waals surface area contributed by atoms with Crippen molar-refractivity contribution in [2.45, 2.75) is 43.8 Å². The molecule has 15 nitrogen and oxygen atoms in total. The highest BCUT2D eigenvalue weighted by molar-refractivity contribution is 5.94. The normalized spacial score (nSPS) is 13.1. The van der Waals surface area contributed by atoms with Crippen LogP contribution in [0.1, 0.15) is 25.7 Å². The maximum absolute atomic E-state index is 12.2. The fourth-order valence-electron chi connectivity index (χ4n) is 2.21. The van der Waals surface area contributed by atoms with E-state index < -0.39 is 67.1 Å². The van der Waals surface area contributed by atoms with E-state index in [1.165, 1.54) is 0 Å². The molecule has 0 aliphatic heterocycles. The Hall–Kier alpha value is -3.75. The number of primary amides is 1. The zero-order chi connectivity index (χ0) is 24.0. The summed E-state index contributed by atoms with van der Waals surface area (Å²) >= 11 is 0. The van der Waals surface area contributed by atoms with Gasteiger partial charge >= 0.3 is 5.97 Å². The number of nitrogens with zero attached hydrogens (tertiary/aromatic N) is 1. The second-order valence-electron chi connectivity index (χ2n) is 6.41. The first kappa shape index (κ1) is 27.2. The van der Waals surface area contributed by atoms with Crippen molar-refractivity contribution in [1.29, 1.82) is 0 Å². The monoisotopic (exact) mass is 444 g/mol. The second-order valence-corrected chi connectivity index (χ2v) is 6.41. The Morgan fingerprint density at radius 2 is 1.65 bits per heavy atom. The van der Waals surface area contributed by atoms with Crippen molar-refractivity contribution < 1.29 is 33.9 Å². The SMILES string of the molecule is NC(=O)C[C@@H](C=O)NC(=O)[C@H](CC(=O)O)NC(=O)CNC(=O)[C@@H](N)CCCN=C(N)N. The van der Waals surface area contributed by atoms with Gasteiger partial charge in [-0.05, 0) is 12.8 Å². The van der Waals surface area contributed by atoms with Gasteiger partial charge in [0.05, 0.1) is 31.5 Å². The first-order valence-electron chi connectivity index (χ1n) is 9.10. The van der Waals surface area contributed by atoms with Crippen molar-refractivity contribution in [1.82, 2.24) is 16.0 Å². The number of carbonyl (C=O) groups is 6. The molecule has 0 saturated carbocycles. The van der Waals surface area contributed by atoms with E-state index in [4.69, 9.17) is 28.0 Å². The number of hydrogen-bond donors (Lipinski definition) is 8. The van der Waals surface area contributed by atoms with Crippen LogP contribution in [0.25, 0.3) is 0 Å². The van der Waals surface area contributed by atoms with Crippen molar-refractivity contribution in [3.63, 3.8) is 0 Å². The number of carboxylic acids is 1. The lowest BCUT2D eigenvalue weighted by Crippen LogP contribution is -2.53. The third-order valence-corrected chi connectivity index (χ3v) is 3.67. The molecular formula is C16H28N8O7. The van der Waals surface area contributed by atoms with Crippen LogP contribution in [-0.2, 0) is 28.8 Å². The Bertz CT molecular complexity index is 708. The van der Waals surface area contributed by atoms with Gasteiger partial charge in [0.25, 0.3) is 0 Å². The molecule has 0 aliphatic carbocycles. The minimum Gasteiger partial charge on any atom is -0.481 e. The number of carbonyl (C=O) groups excluding carboxylic acids is 5. The summed E-state index contributed by atoms with van der Waals surface area (Å²) in [5, 5.41) is 15.4. The number of hydrogen-bond acceptors (Lipinski definition) is 8. The van der Waals surface area contributed by atoms with E-state index in [9.17, 15) is 28.8 Å². The zero-order valence-electron chi connectivity index (χ0n) is 16.7. The minimum atomic E-state index is -1.56. The summed E-state index contributed by atoms with van der Waals surface area (Å²) in [5.74, 6) is -4.92. The number of aldehydes is 1. The number of carboxylic acid groups (broad SMARTS) is 1. The zero-order valence-corrected chi connectivity index (χ0v) is 16.7. The van der Waals surface area contributed by atoms with Gasteiger partial charge in [0.15, 0.2) is 5.96 Å². The van der Waals surface area contributed by atoms with Crippen LogP contribution in [0.2, 0.25) is 0 Å². The van der Waals surface area contributed by atoms with Gasteiger partial charge < -0.3 is 48.8 Å². The van der Waals surface area contributed by atoms with Crippen LogP contribution in [0.5, 0.6) is 0 Å². The van der Waals surface area contributed by atoms with Gasteiger partial charge in [0, 0.05) is 6.54 Å². The van der Waals surface area contributed by atoms with Crippen LogP contribution in [0.4, 0.5) is 0 Å². The lowest BCUT2D eigenvalue weighted by molar-refractivity contribution is -0.141. The topological polar surface area (TPSA) is 275 Å². The Kier molecular flexibility index (Phi) is 12.5. The molecule has 3 atom stereocenters. The fourth-order valence-corrected chi connectivity index (χ4v) is 2.21. The molecule has 0 saturated heterocycles. The largest absolute Gasteiger partial charge is 0.481 e. The van der Waals surface area contributed by atoms with E-state index in [-0.39, 0.29) is 25.2 Å². The summed E-state index contributed by atoms with van der Waals surface area (Å²) in [4.78, 5) is 72.6. The molecule has 174 valence electrons. The first-order valence-corrected chi connectivity index (χ1v) is 9.10. The maximum Gasteiger partial charge on any atom is 0.305 e. The molecule has 0 radical (unpaired) electrons. The predicted molar refractivity (Wildman–Crippen MR) is 107 cm³/mol. The molecule has 0 heterocycles. The Balaban J connectivity index is 4.69. The van der Waals surface area contributed by atoms with Gasteiger partial charge in [-0.25, -0.2) is 0 Å². The molecular weight excluding hydrogens is 416 g/mol. The van der Waals surface area contributed by atoms with E-state index in [1.807, 2.05) is 0 Å². The van der Waals surface area contributed by atoms with E-state index in [2.05, 4.69) is 20.9 Å². The number of aliphatic imine (C=N–C) groups is 1. The van der Waals surface area contributed by atoms with Crippen LogP contribution in [0.3, 0.4) is 0 Å². The molecule has 0 aromatic heterocycles. The number of amides is 4. The molecule has 0 fully saturated rings. The first-order chi connectivity index (χ1) is 14.5. The summed E-state index contributed by atoms with van der Waals surface area (Å²) in [6.07, 6.45) is -0.404. The predicted octanol–water partition coefficient (Wildman–Crippen LogP) is -5.00. The summed E-state index contributed by atoms with van der Waals surface area (Å²) in [5.41, 5.74) is 21.0. The molecule has 0 aromatic rings. The van der Waals surface area contributed by atoms with E-state index in [1.54, 1.807) is 0 Å². The molecule has 12 N–H and O–H groups in total. The van der Waals surface area contributed by atoms with Gasteiger partial charge in [-0.1, -0.05) is 0 Å². The highest BCUT2D eigenvalue weighted by Crippen LogP contribution is 1.97. The van der Waals surface area contributed by atoms with E-state index >= 15 is 0 Å². The third-order valence-electron chi connectivity index (χ3n) is 3.67. The highest BCUT2D eigenvalue weighted by atomic mass is 16.4. The molecule has 15 heteroatoms. The summed E-state index contributed by atoms with van der Waals surface area (Å²) in [6.45, 7) is -0.310. The number of aliphatic carboxylic acids is 1. The van der Waals surface area contributed by atoms with E-state index in [0.29, 0.717) is 6.42 Å². The summed E-state index contributed by atoms with van der Waals surface area (Å²) < 4.78 is 0. The van der Waals surface area contributed by atoms with Crippen LogP contribution in [-0.4, -0.2) is 78.2 Å². The number of nitrogens with one attached hydrogen (secondary N) is 3. The molecule has 0 rings (SSSR count). The van der Waals surface area contributed by atoms with Crippen LogP contribution in [0, 0.1) is 0 Å². The van der Waals surface area contributed by atoms with Crippen molar-refractivity contribution in [3.8, 4) is 0 Å². The summed E-state index contributed by atoms with van der Waals surface area (Å²) in [7, 11) is 0. The van der Waals surface area contributed by atoms with Gasteiger partial charge in [-0.15, -0.1) is 0 Å². The van der Waals surface area contributed by atoms with Crippen LogP contribution < -0.4 is 38.9 Å². The average Bonchev–Trinajstić information content (AvgIpc) is 2.67. The van der Waals surface area contributed by atoms with E-state index in [0.717, 1.165) is 0 Å². The van der Waals surface area contributed by atoms with Crippen molar-refractivity contribution >= 4 is 41.8 Å². The number of rotatable bonds is 15. The Morgan fingerprint density at radius 3 is 2.16 bits per heavy atom. The molecule has 0 unspecified atom stereocenters. The van der Waals surface area contributed by atoms with Gasteiger partial charge in [0.1, 0.15) is 12.3 Å².